The summed E-state index contributed by atoms with van der Waals surface area (Å²) in [6.45, 7) is 1.02. The van der Waals surface area contributed by atoms with Crippen LogP contribution in [0, 0.1) is 0 Å². The summed E-state index contributed by atoms with van der Waals surface area (Å²) in [5.41, 5.74) is -4.28. The molecule has 2 unspecified atom stereocenters. The molecule has 2 aliphatic heterocycles. The summed E-state index contributed by atoms with van der Waals surface area (Å²) in [6, 6.07) is 10.4. The zero-order valence-electron chi connectivity index (χ0n) is 19.3. The summed E-state index contributed by atoms with van der Waals surface area (Å²) in [4.78, 5) is 14.2. The van der Waals surface area contributed by atoms with E-state index in [4.69, 9.17) is 9.47 Å². The second-order valence-electron chi connectivity index (χ2n) is 9.36. The van der Waals surface area contributed by atoms with E-state index in [0.717, 1.165) is 5.56 Å². The maximum Gasteiger partial charge on any atom is 0.416 e. The van der Waals surface area contributed by atoms with E-state index in [1.54, 1.807) is 18.2 Å². The molecule has 11 heteroatoms. The summed E-state index contributed by atoms with van der Waals surface area (Å²) in [6.07, 6.45) is -10.4. The van der Waals surface area contributed by atoms with Crippen LogP contribution in [0.15, 0.2) is 48.5 Å². The number of hydrogen-bond acceptors (Lipinski definition) is 5. The quantitative estimate of drug-likeness (QED) is 0.428. The number of fused-ring (bicyclic) bond motifs is 2. The Morgan fingerprint density at radius 2 is 1.64 bits per heavy atom. The van der Waals surface area contributed by atoms with Crippen LogP contribution in [-0.4, -0.2) is 47.9 Å². The topological polar surface area (TPSA) is 59.0 Å². The minimum absolute atomic E-state index is 0.0800. The predicted molar refractivity (Wildman–Crippen MR) is 116 cm³/mol. The van der Waals surface area contributed by atoms with Crippen LogP contribution in [-0.2, 0) is 32.2 Å². The van der Waals surface area contributed by atoms with Crippen molar-refractivity contribution in [1.29, 1.82) is 0 Å². The van der Waals surface area contributed by atoms with E-state index in [2.05, 4.69) is 0 Å². The zero-order chi connectivity index (χ0) is 26.4. The van der Waals surface area contributed by atoms with Gasteiger partial charge in [-0.3, -0.25) is 9.69 Å². The number of nitrogens with zero attached hydrogens (tertiary/aromatic N) is 1. The fourth-order valence-corrected chi connectivity index (χ4v) is 4.95. The van der Waals surface area contributed by atoms with E-state index in [-0.39, 0.29) is 37.9 Å². The number of piperidine rings is 1. The van der Waals surface area contributed by atoms with E-state index in [0.29, 0.717) is 25.0 Å². The van der Waals surface area contributed by atoms with Crippen molar-refractivity contribution in [3.63, 3.8) is 0 Å². The molecule has 0 spiro atoms. The highest BCUT2D eigenvalue weighted by Crippen LogP contribution is 2.45. The van der Waals surface area contributed by atoms with Gasteiger partial charge in [-0.15, -0.1) is 0 Å². The van der Waals surface area contributed by atoms with Crippen molar-refractivity contribution in [1.82, 2.24) is 4.90 Å². The molecule has 2 fully saturated rings. The molecule has 1 N–H and O–H groups in total. The lowest BCUT2D eigenvalue weighted by Crippen LogP contribution is -2.67. The van der Waals surface area contributed by atoms with Crippen molar-refractivity contribution in [2.24, 2.45) is 0 Å². The van der Waals surface area contributed by atoms with Gasteiger partial charge in [0.05, 0.1) is 42.5 Å². The van der Waals surface area contributed by atoms with Gasteiger partial charge in [0.25, 0.3) is 0 Å². The third kappa shape index (κ3) is 5.09. The highest BCUT2D eigenvalue weighted by molar-refractivity contribution is 5.73. The lowest BCUT2D eigenvalue weighted by atomic mass is 9.75. The fraction of sp³-hybridized carbons (Fsp3) is 0.480. The van der Waals surface area contributed by atoms with Gasteiger partial charge in [0, 0.05) is 6.54 Å². The standard InChI is InChI=1S/C25H25F6NO4/c1-16(17-9-19(24(26,27)28)11-20(10-17)25(29,30)31)35-15-23(18-5-3-2-4-6-18)8-7-22(14-33)13-32(23)12-21(34)36-22/h2-6,9-11,16,33H,7-8,12-15H2,1H3/t16?,22-,23-/m1/s1. The molecule has 36 heavy (non-hydrogen) atoms. The predicted octanol–water partition coefficient (Wildman–Crippen LogP) is 5.08. The van der Waals surface area contributed by atoms with Gasteiger partial charge in [-0.1, -0.05) is 30.3 Å². The Kier molecular flexibility index (Phi) is 6.87. The number of morpholine rings is 1. The van der Waals surface area contributed by atoms with E-state index >= 15 is 0 Å². The monoisotopic (exact) mass is 517 g/mol. The first kappa shape index (κ1) is 26.4. The normalized spacial score (nSPS) is 27.4. The Bertz CT molecular complexity index is 1070. The maximum atomic E-state index is 13.3. The van der Waals surface area contributed by atoms with Crippen LogP contribution >= 0.6 is 0 Å². The number of aliphatic hydroxyl groups excluding tert-OH is 1. The van der Waals surface area contributed by atoms with Crippen molar-refractivity contribution in [2.75, 3.05) is 26.3 Å². The Morgan fingerprint density at radius 1 is 1.03 bits per heavy atom. The third-order valence-corrected chi connectivity index (χ3v) is 6.98. The van der Waals surface area contributed by atoms with E-state index in [1.807, 2.05) is 17.0 Å². The number of esters is 1. The number of aliphatic hydroxyl groups is 1. The van der Waals surface area contributed by atoms with Crippen molar-refractivity contribution in [3.8, 4) is 0 Å². The number of ether oxygens (including phenoxy) is 2. The first-order chi connectivity index (χ1) is 16.8. The summed E-state index contributed by atoms with van der Waals surface area (Å²) >= 11 is 0. The molecular formula is C25H25F6NO4. The molecule has 2 saturated heterocycles. The van der Waals surface area contributed by atoms with Gasteiger partial charge in [-0.2, -0.15) is 26.3 Å². The Morgan fingerprint density at radius 3 is 2.19 bits per heavy atom. The van der Waals surface area contributed by atoms with Gasteiger partial charge in [-0.25, -0.2) is 0 Å². The Labute approximate surface area is 203 Å². The maximum absolute atomic E-state index is 13.3. The third-order valence-electron chi connectivity index (χ3n) is 6.98. The van der Waals surface area contributed by atoms with Gasteiger partial charge in [-0.05, 0) is 49.1 Å². The van der Waals surface area contributed by atoms with E-state index < -0.39 is 46.7 Å². The summed E-state index contributed by atoms with van der Waals surface area (Å²) in [7, 11) is 0. The van der Waals surface area contributed by atoms with Gasteiger partial charge in [0.2, 0.25) is 0 Å². The number of carbonyl (C=O) groups excluding carboxylic acids is 1. The van der Waals surface area contributed by atoms with Crippen molar-refractivity contribution >= 4 is 5.97 Å². The van der Waals surface area contributed by atoms with E-state index in [1.165, 1.54) is 6.92 Å². The molecule has 2 bridgehead atoms. The van der Waals surface area contributed by atoms with Crippen LogP contribution in [0.2, 0.25) is 0 Å². The lowest BCUT2D eigenvalue weighted by Gasteiger charge is -2.55. The van der Waals surface area contributed by atoms with Crippen molar-refractivity contribution in [2.45, 2.75) is 49.4 Å². The first-order valence-corrected chi connectivity index (χ1v) is 11.3. The number of alkyl halides is 6. The molecule has 0 amide bonds. The van der Waals surface area contributed by atoms with Gasteiger partial charge >= 0.3 is 18.3 Å². The second kappa shape index (κ2) is 9.35. The largest absolute Gasteiger partial charge is 0.454 e. The highest BCUT2D eigenvalue weighted by Gasteiger charge is 2.54. The van der Waals surface area contributed by atoms with Gasteiger partial charge in [0.15, 0.2) is 0 Å². The number of benzene rings is 2. The Balaban J connectivity index is 1.67. The number of hydrogen-bond donors (Lipinski definition) is 1. The fourth-order valence-electron chi connectivity index (χ4n) is 4.95. The van der Waals surface area contributed by atoms with E-state index in [9.17, 15) is 36.2 Å². The second-order valence-corrected chi connectivity index (χ2v) is 9.36. The first-order valence-electron chi connectivity index (χ1n) is 11.3. The zero-order valence-corrected chi connectivity index (χ0v) is 19.3. The highest BCUT2D eigenvalue weighted by atomic mass is 19.4. The number of halogens is 6. The Hall–Kier alpha value is -2.63. The molecule has 4 rings (SSSR count). The minimum atomic E-state index is -4.97. The molecule has 2 aliphatic rings. The van der Waals surface area contributed by atoms with Crippen molar-refractivity contribution < 1.29 is 45.7 Å². The molecule has 2 heterocycles. The van der Waals surface area contributed by atoms with Crippen molar-refractivity contribution in [3.05, 3.63) is 70.8 Å². The van der Waals surface area contributed by atoms with Crippen LogP contribution in [0.1, 0.15) is 48.1 Å². The molecule has 2 aromatic carbocycles. The molecule has 0 aliphatic carbocycles. The molecule has 4 atom stereocenters. The van der Waals surface area contributed by atoms with Crippen LogP contribution in [0.5, 0.6) is 0 Å². The molecule has 0 aromatic heterocycles. The lowest BCUT2D eigenvalue weighted by molar-refractivity contribution is -0.210. The van der Waals surface area contributed by atoms with Crippen LogP contribution in [0.3, 0.4) is 0 Å². The number of carbonyl (C=O) groups is 1. The summed E-state index contributed by atoms with van der Waals surface area (Å²) in [5, 5.41) is 9.88. The van der Waals surface area contributed by atoms with Gasteiger partial charge in [0.1, 0.15) is 5.60 Å². The smallest absolute Gasteiger partial charge is 0.416 e. The SMILES string of the molecule is CC(OC[C@@]1(c2ccccc2)CC[C@]2(CO)CN1CC(=O)O2)c1cc(C(F)(F)F)cc(C(F)(F)F)c1. The average Bonchev–Trinajstić information content (AvgIpc) is 2.82. The summed E-state index contributed by atoms with van der Waals surface area (Å²) < 4.78 is 91.3. The van der Waals surface area contributed by atoms with Gasteiger partial charge < -0.3 is 14.6 Å². The van der Waals surface area contributed by atoms with Crippen LogP contribution in [0.25, 0.3) is 0 Å². The number of rotatable bonds is 6. The van der Waals surface area contributed by atoms with Crippen LogP contribution in [0.4, 0.5) is 26.3 Å². The molecule has 0 saturated carbocycles. The average molecular weight is 517 g/mol. The summed E-state index contributed by atoms with van der Waals surface area (Å²) in [5.74, 6) is -0.531. The molecular weight excluding hydrogens is 492 g/mol. The molecule has 2 aromatic rings. The molecule has 0 radical (unpaired) electrons. The molecule has 196 valence electrons. The minimum Gasteiger partial charge on any atom is -0.454 e. The molecule has 5 nitrogen and oxygen atoms in total. The van der Waals surface area contributed by atoms with Crippen LogP contribution < -0.4 is 0 Å².